The maximum atomic E-state index is 11.2. The van der Waals surface area contributed by atoms with E-state index in [1.54, 1.807) is 33.8 Å². The number of carbonyl (C=O) groups excluding carboxylic acids is 6. The van der Waals surface area contributed by atoms with Crippen molar-refractivity contribution in [2.45, 2.75) is 55.9 Å². The maximum Gasteiger partial charge on any atom is 1.00 e. The number of rotatable bonds is 11. The van der Waals surface area contributed by atoms with Crippen molar-refractivity contribution in [1.82, 2.24) is 6.15 Å². The molecule has 0 aromatic heterocycles. The van der Waals surface area contributed by atoms with E-state index in [1.165, 1.54) is 89.8 Å². The molecule has 0 atom stereocenters. The molecular formula is C58H70Cl7FLiN7O36S2. The number of esters is 3. The van der Waals surface area contributed by atoms with Gasteiger partial charge in [-0.25, -0.2) is 28.2 Å². The van der Waals surface area contributed by atoms with Crippen LogP contribution >= 0.6 is 79.4 Å². The normalized spacial score (nSPS) is 8.94. The van der Waals surface area contributed by atoms with Crippen molar-refractivity contribution in [3.63, 3.8) is 0 Å². The Bertz CT molecular complexity index is 4130. The molecule has 0 fully saturated rings. The number of phenolic OH excluding ortho intramolecular Hbond substituents is 3. The Morgan fingerprint density at radius 2 is 0.714 bits per heavy atom. The van der Waals surface area contributed by atoms with Crippen LogP contribution in [-0.4, -0.2) is 181 Å². The zero-order chi connectivity index (χ0) is 87.6. The van der Waals surface area contributed by atoms with Gasteiger partial charge in [0.05, 0.1) is 77.4 Å². The number of hydrogen-bond donors (Lipinski definition) is 12. The second-order valence-electron chi connectivity index (χ2n) is 18.0. The summed E-state index contributed by atoms with van der Waals surface area (Å²) in [6.07, 6.45) is 0. The fraction of sp³-hybridized carbons (Fsp3) is 0.224. The number of benzene rings is 6. The van der Waals surface area contributed by atoms with Crippen molar-refractivity contribution in [2.24, 2.45) is 5.73 Å². The molecule has 622 valence electrons. The quantitative estimate of drug-likeness (QED) is 0.00840. The summed E-state index contributed by atoms with van der Waals surface area (Å²) in [5.74, 6) is -5.57. The Morgan fingerprint density at radius 1 is 0.509 bits per heavy atom. The predicted octanol–water partition coefficient (Wildman–Crippen LogP) is 9.00. The van der Waals surface area contributed by atoms with Crippen molar-refractivity contribution in [3.8, 4) is 17.2 Å². The first-order valence-corrected chi connectivity index (χ1v) is 32.5. The van der Waals surface area contributed by atoms with Gasteiger partial charge in [0.2, 0.25) is 15.1 Å². The number of nitrogens with zero attached hydrogens (tertiary/aromatic N) is 5. The summed E-state index contributed by atoms with van der Waals surface area (Å²) >= 11 is 26.0. The number of nitro groups is 4. The first kappa shape index (κ1) is 123. The maximum absolute atomic E-state index is 11.2. The van der Waals surface area contributed by atoms with E-state index in [0.717, 1.165) is 38.3 Å². The Balaban J connectivity index is -0.000000114. The number of ether oxygens (including phenoxy) is 3. The largest absolute Gasteiger partial charge is 1.00 e. The SMILES string of the molecule is C.CC(=O)O.CO.COC(=O)c1cc(C)c(Cl)c([N+](=O)[O-])c1.COC(=O)c1cc(C)c(O)c([N+](=O)[O-])c1.COC(=O)c1ccc(O)c(C)c1.Cc1cc(C(=O)O)cc([N+](=O)[O-])c1Cl.Cc1cc(C(=O)O)ccc1O.Cc1cc(C(N)=O)cc([N+](=O)[O-])c1Cl.N.O=C(Cl)C(=O)Cl.O=S(=O)(O)O.O=S(Cl)Cl.O=[N+]([O-])O.[2H]CF.[Li+].[OH-]. The van der Waals surface area contributed by atoms with Crippen molar-refractivity contribution in [1.29, 1.82) is 0 Å². The van der Waals surface area contributed by atoms with Crippen LogP contribution in [0.2, 0.25) is 15.1 Å². The molecule has 6 aromatic rings. The van der Waals surface area contributed by atoms with Crippen molar-refractivity contribution in [3.05, 3.63) is 217 Å². The third-order valence-corrected chi connectivity index (χ3v) is 12.3. The number of primary amides is 1. The van der Waals surface area contributed by atoms with E-state index < -0.39 is 115 Å². The number of nitrogens with two attached hydrogens (primary N) is 1. The Kier molecular flexibility index (Phi) is 71.5. The number of amides is 1. The molecule has 0 bridgehead atoms. The predicted molar refractivity (Wildman–Crippen MR) is 397 cm³/mol. The fourth-order valence-electron chi connectivity index (χ4n) is 5.98. The van der Waals surface area contributed by atoms with Gasteiger partial charge in [0.15, 0.2) is 5.75 Å². The van der Waals surface area contributed by atoms with Gasteiger partial charge in [0, 0.05) is 65.2 Å². The summed E-state index contributed by atoms with van der Waals surface area (Å²) < 4.78 is 69.6. The van der Waals surface area contributed by atoms with Gasteiger partial charge < -0.3 is 72.5 Å². The Hall–Kier alpha value is -10.4. The number of aryl methyl sites for hydroxylation is 6. The van der Waals surface area contributed by atoms with Crippen LogP contribution in [0.25, 0.3) is 0 Å². The van der Waals surface area contributed by atoms with Crippen LogP contribution in [0.1, 0.15) is 111 Å². The number of carbonyl (C=O) groups is 9. The molecule has 16 N–H and O–H groups in total. The number of methoxy groups -OCH3 is 3. The number of aliphatic hydroxyl groups excluding tert-OH is 1. The molecular weight excluding hydrogens is 1710 g/mol. The molecule has 0 aliphatic heterocycles. The number of carboxylic acids is 3. The number of nitro benzene ring substituents is 4. The average Bonchev–Trinajstić information content (AvgIpc) is 0.838. The molecule has 0 aliphatic rings. The third kappa shape index (κ3) is 57.7. The average molecular weight is 1780 g/mol. The first-order valence-electron chi connectivity index (χ1n) is 27.1. The summed E-state index contributed by atoms with van der Waals surface area (Å²) in [4.78, 5) is 141. The van der Waals surface area contributed by atoms with E-state index in [2.05, 4.69) is 58.8 Å². The van der Waals surface area contributed by atoms with Crippen LogP contribution in [0.15, 0.2) is 84.9 Å². The molecule has 0 spiro atoms. The summed E-state index contributed by atoms with van der Waals surface area (Å²) in [7, 11) is 6.40. The smallest absolute Gasteiger partial charge is 0.870 e. The van der Waals surface area contributed by atoms with Crippen LogP contribution in [-0.2, 0) is 48.2 Å². The van der Waals surface area contributed by atoms with Gasteiger partial charge in [-0.2, -0.15) is 8.42 Å². The number of aliphatic carboxylic acids is 1. The number of hydrogen-bond acceptors (Lipinski definition) is 31. The minimum Gasteiger partial charge on any atom is -0.870 e. The van der Waals surface area contributed by atoms with Gasteiger partial charge in [-0.15, -0.1) is 10.1 Å². The van der Waals surface area contributed by atoms with Gasteiger partial charge in [-0.3, -0.25) is 73.1 Å². The summed E-state index contributed by atoms with van der Waals surface area (Å²) in [6, 6.07) is 18.3. The number of aromatic carboxylic acids is 2. The molecule has 0 aliphatic carbocycles. The van der Waals surface area contributed by atoms with E-state index in [-0.39, 0.29) is 115 Å². The van der Waals surface area contributed by atoms with E-state index in [1.807, 2.05) is 0 Å². The second kappa shape index (κ2) is 65.3. The number of aliphatic hydroxyl groups is 1. The van der Waals surface area contributed by atoms with Crippen LogP contribution in [0, 0.1) is 92.1 Å². The molecule has 0 saturated carbocycles. The minimum atomic E-state index is -4.67. The molecule has 1 amide bonds. The first-order chi connectivity index (χ1) is 49.8. The molecule has 54 heteroatoms. The Morgan fingerprint density at radius 3 is 0.955 bits per heavy atom. The monoisotopic (exact) mass is 1780 g/mol. The minimum absolute atomic E-state index is 0. The van der Waals surface area contributed by atoms with Crippen LogP contribution in [0.4, 0.5) is 27.1 Å². The zero-order valence-corrected chi connectivity index (χ0v) is 65.7. The molecule has 6 aromatic carbocycles. The molecule has 0 unspecified atom stereocenters. The van der Waals surface area contributed by atoms with E-state index in [9.17, 15) is 88.3 Å². The fourth-order valence-corrected chi connectivity index (χ4v) is 6.51. The topological polar surface area (TPSA) is 742 Å². The summed E-state index contributed by atoms with van der Waals surface area (Å²) in [5.41, 5.74) is 7.04. The number of halogens is 8. The summed E-state index contributed by atoms with van der Waals surface area (Å²) in [5, 5.41) is 113. The number of alkyl halides is 1. The van der Waals surface area contributed by atoms with E-state index >= 15 is 0 Å². The van der Waals surface area contributed by atoms with Crippen molar-refractivity contribution in [2.75, 3.05) is 35.6 Å². The molecule has 43 nitrogen and oxygen atoms in total. The van der Waals surface area contributed by atoms with Crippen molar-refractivity contribution < 1.29 is 175 Å². The number of aromatic hydroxyl groups is 3. The molecule has 0 radical (unpaired) electrons. The third-order valence-electron chi connectivity index (χ3n) is 10.4. The van der Waals surface area contributed by atoms with E-state index in [4.69, 9.17) is 114 Å². The molecule has 6 rings (SSSR count). The number of carboxylic acid groups (broad SMARTS) is 3. The Labute approximate surface area is 682 Å². The van der Waals surface area contributed by atoms with Gasteiger partial charge in [-0.1, -0.05) is 42.2 Å². The van der Waals surface area contributed by atoms with Gasteiger partial charge in [0.1, 0.15) is 26.6 Å². The summed E-state index contributed by atoms with van der Waals surface area (Å²) in [6.45, 7) is 10.6. The molecule has 112 heavy (non-hydrogen) atoms. The van der Waals surface area contributed by atoms with Crippen molar-refractivity contribution >= 4 is 174 Å². The van der Waals surface area contributed by atoms with E-state index in [0.29, 0.717) is 33.4 Å². The second-order valence-corrected chi connectivity index (χ2v) is 23.2. The molecule has 0 heterocycles. The zero-order valence-electron chi connectivity index (χ0n) is 59.8. The van der Waals surface area contributed by atoms with Crippen LogP contribution < -0.4 is 30.7 Å². The van der Waals surface area contributed by atoms with Gasteiger partial charge in [0.25, 0.3) is 28.1 Å². The van der Waals surface area contributed by atoms with Crippen LogP contribution in [0.5, 0.6) is 17.2 Å². The number of phenols is 3. The van der Waals surface area contributed by atoms with Crippen LogP contribution in [0.3, 0.4) is 0 Å². The van der Waals surface area contributed by atoms with Gasteiger partial charge >= 0.3 is 75.3 Å². The van der Waals surface area contributed by atoms with Gasteiger partial charge in [-0.05, 0) is 159 Å². The standard InChI is InChI=1S/C9H8ClNO4.C9H9NO5.C9H10O3.C8H7ClN2O3.C8H6ClNO4.C8H8O3.C2Cl2O2.C2H4O2.CH3F.CH4O.CH4.Cl2OS.Li.HNO3.H3N.H2O4S.H2O/c1-5-3-6(9(12)15-2)4-7(8(5)10)11(13)14;1-5-3-6(9(12)15-2)4-7(8(5)11)10(13)14;1-6-5-7(9(11)12-2)3-4-8(6)10;1-4-2-5(8(10)12)3-6(7(4)9)11(13)14;1-4-2-5(8(11)12)3-6(7(4)9)10(13)14;1-5-4-6(8(10)11)2-3-7(5)9;3-1(5)2(4)6;1-2(3)4;2*1-2;;1-4(2)3;;2-1(3)4;;1-5(2,3)4;/h3-4H,1-2H3;3-4,11H,1-2H3;3-5,10H,1-2H3;2-3H,1H3,(H2,10,12);2-3H,1H3,(H,11,12);2-4,9H,1H3,(H,10,11);;1H3,(H,3,4);1H3;2H,1H3;1H4;;;(H,2,3,4);1H3;(H2,1,2,3,4);1H2/q;;;;;;;;;;;;+1;;;;/p-1/i;;;;;;;;1D;;;;;;;;. The molecule has 0 saturated heterocycles.